The van der Waals surface area contributed by atoms with Crippen LogP contribution in [0.5, 0.6) is 0 Å². The Morgan fingerprint density at radius 1 is 1.14 bits per heavy atom. The molecule has 1 aromatic heterocycles. The topological polar surface area (TPSA) is 59.2 Å². The van der Waals surface area contributed by atoms with Crippen LogP contribution < -0.4 is 5.73 Å². The van der Waals surface area contributed by atoms with E-state index < -0.39 is 0 Å². The molecular weight excluding hydrogens is 262 g/mol. The van der Waals surface area contributed by atoms with E-state index in [1.54, 1.807) is 6.20 Å². The van der Waals surface area contributed by atoms with Crippen LogP contribution in [0.2, 0.25) is 0 Å². The lowest BCUT2D eigenvalue weighted by molar-refractivity contribution is 0.0571. The van der Waals surface area contributed by atoms with Crippen LogP contribution in [0.4, 0.5) is 0 Å². The molecule has 4 heteroatoms. The molecule has 2 atom stereocenters. The van der Waals surface area contributed by atoms with E-state index in [1.807, 2.05) is 30.3 Å². The lowest BCUT2D eigenvalue weighted by atomic mass is 9.97. The number of aromatic nitrogens is 1. The van der Waals surface area contributed by atoms with Crippen molar-refractivity contribution in [2.45, 2.75) is 43.8 Å². The summed E-state index contributed by atoms with van der Waals surface area (Å²) >= 11 is 0. The van der Waals surface area contributed by atoms with Crippen LogP contribution in [-0.2, 0) is 0 Å². The molecule has 0 aliphatic carbocycles. The van der Waals surface area contributed by atoms with Crippen molar-refractivity contribution in [2.24, 2.45) is 5.73 Å². The van der Waals surface area contributed by atoms with Crippen molar-refractivity contribution in [2.75, 3.05) is 0 Å². The highest BCUT2D eigenvalue weighted by Gasteiger charge is 2.43. The minimum atomic E-state index is 0.0752. The van der Waals surface area contributed by atoms with Gasteiger partial charge < -0.3 is 10.6 Å². The minimum Gasteiger partial charge on any atom is -0.331 e. The summed E-state index contributed by atoms with van der Waals surface area (Å²) in [5.74, 6) is 0.0752. The van der Waals surface area contributed by atoms with Crippen LogP contribution in [0.1, 0.15) is 36.2 Å². The molecular formula is C17H19N3O. The van der Waals surface area contributed by atoms with Crippen molar-refractivity contribution in [3.8, 4) is 0 Å². The largest absolute Gasteiger partial charge is 0.331 e. The van der Waals surface area contributed by atoms with Crippen molar-refractivity contribution in [1.82, 2.24) is 9.88 Å². The van der Waals surface area contributed by atoms with Gasteiger partial charge in [-0.05, 0) is 37.1 Å². The maximum Gasteiger partial charge on any atom is 0.273 e. The van der Waals surface area contributed by atoms with Gasteiger partial charge in [0.15, 0.2) is 0 Å². The first-order chi connectivity index (χ1) is 10.2. The zero-order chi connectivity index (χ0) is 14.4. The molecule has 2 bridgehead atoms. The van der Waals surface area contributed by atoms with Gasteiger partial charge in [0, 0.05) is 29.7 Å². The van der Waals surface area contributed by atoms with Crippen LogP contribution in [0.3, 0.4) is 0 Å². The summed E-state index contributed by atoms with van der Waals surface area (Å²) in [5.41, 5.74) is 6.68. The van der Waals surface area contributed by atoms with Crippen LogP contribution in [0, 0.1) is 0 Å². The fourth-order valence-electron chi connectivity index (χ4n) is 3.96. The number of amides is 1. The third kappa shape index (κ3) is 2.02. The molecule has 0 spiro atoms. The number of fused-ring (bicyclic) bond motifs is 3. The second-order valence-electron chi connectivity index (χ2n) is 6.21. The molecule has 2 aliphatic heterocycles. The molecule has 4 rings (SSSR count). The maximum absolute atomic E-state index is 13.0. The molecule has 4 nitrogen and oxygen atoms in total. The van der Waals surface area contributed by atoms with Gasteiger partial charge in [-0.2, -0.15) is 0 Å². The number of pyridine rings is 1. The van der Waals surface area contributed by atoms with E-state index in [1.165, 1.54) is 0 Å². The summed E-state index contributed by atoms with van der Waals surface area (Å²) in [6.45, 7) is 0. The summed E-state index contributed by atoms with van der Waals surface area (Å²) in [4.78, 5) is 19.4. The second-order valence-corrected chi connectivity index (χ2v) is 6.21. The molecule has 2 N–H and O–H groups in total. The van der Waals surface area contributed by atoms with E-state index >= 15 is 0 Å². The quantitative estimate of drug-likeness (QED) is 0.872. The predicted molar refractivity (Wildman–Crippen MR) is 81.9 cm³/mol. The number of piperidine rings is 1. The lowest BCUT2D eigenvalue weighted by Crippen LogP contribution is -2.50. The number of rotatable bonds is 1. The molecule has 21 heavy (non-hydrogen) atoms. The third-order valence-corrected chi connectivity index (χ3v) is 4.88. The molecule has 1 aromatic carbocycles. The summed E-state index contributed by atoms with van der Waals surface area (Å²) in [7, 11) is 0. The van der Waals surface area contributed by atoms with Gasteiger partial charge >= 0.3 is 0 Å². The van der Waals surface area contributed by atoms with Crippen molar-refractivity contribution in [3.05, 3.63) is 42.2 Å². The predicted octanol–water partition coefficient (Wildman–Crippen LogP) is 2.33. The fourth-order valence-corrected chi connectivity index (χ4v) is 3.96. The Bertz CT molecular complexity index is 680. The highest BCUT2D eigenvalue weighted by atomic mass is 16.2. The van der Waals surface area contributed by atoms with E-state index in [0.717, 1.165) is 36.5 Å². The first kappa shape index (κ1) is 12.8. The Kier molecular flexibility index (Phi) is 2.93. The minimum absolute atomic E-state index is 0.0752. The maximum atomic E-state index is 13.0. The van der Waals surface area contributed by atoms with Crippen molar-refractivity contribution < 1.29 is 4.79 Å². The molecule has 2 unspecified atom stereocenters. The van der Waals surface area contributed by atoms with Gasteiger partial charge in [-0.1, -0.05) is 24.3 Å². The lowest BCUT2D eigenvalue weighted by Gasteiger charge is -2.37. The van der Waals surface area contributed by atoms with Gasteiger partial charge in [-0.15, -0.1) is 0 Å². The van der Waals surface area contributed by atoms with E-state index in [2.05, 4.69) is 9.88 Å². The van der Waals surface area contributed by atoms with Gasteiger partial charge in [0.25, 0.3) is 5.91 Å². The fraction of sp³-hybridized carbons (Fsp3) is 0.412. The zero-order valence-corrected chi connectivity index (χ0v) is 11.9. The van der Waals surface area contributed by atoms with Gasteiger partial charge in [-0.3, -0.25) is 9.78 Å². The first-order valence-electron chi connectivity index (χ1n) is 7.66. The summed E-state index contributed by atoms with van der Waals surface area (Å²) < 4.78 is 0. The Morgan fingerprint density at radius 3 is 2.62 bits per heavy atom. The van der Waals surface area contributed by atoms with Crippen molar-refractivity contribution >= 4 is 16.7 Å². The van der Waals surface area contributed by atoms with Crippen LogP contribution >= 0.6 is 0 Å². The molecule has 2 aliphatic rings. The number of hydrogen-bond acceptors (Lipinski definition) is 3. The molecule has 2 saturated heterocycles. The number of carbonyl (C=O) groups excluding carboxylic acids is 1. The molecule has 1 amide bonds. The van der Waals surface area contributed by atoms with Crippen LogP contribution in [0.25, 0.3) is 10.8 Å². The summed E-state index contributed by atoms with van der Waals surface area (Å²) in [6, 6.07) is 10.7. The molecule has 3 heterocycles. The normalized spacial score (nSPS) is 28.0. The average Bonchev–Trinajstić information content (AvgIpc) is 2.78. The standard InChI is InChI=1S/C17H19N3O/c18-12-9-13-5-6-14(10-12)20(13)17(21)16-15-4-2-1-3-11(15)7-8-19-16/h1-4,7-8,12-14H,5-6,9-10,18H2. The monoisotopic (exact) mass is 281 g/mol. The van der Waals surface area contributed by atoms with E-state index in [0.29, 0.717) is 17.8 Å². The van der Waals surface area contributed by atoms with E-state index in [9.17, 15) is 4.79 Å². The van der Waals surface area contributed by atoms with Gasteiger partial charge in [0.2, 0.25) is 0 Å². The van der Waals surface area contributed by atoms with Crippen LogP contribution in [0.15, 0.2) is 36.5 Å². The average molecular weight is 281 g/mol. The number of benzene rings is 1. The number of carbonyl (C=O) groups is 1. The van der Waals surface area contributed by atoms with Crippen molar-refractivity contribution in [3.63, 3.8) is 0 Å². The van der Waals surface area contributed by atoms with Crippen molar-refractivity contribution in [1.29, 1.82) is 0 Å². The molecule has 2 aromatic rings. The highest BCUT2D eigenvalue weighted by Crippen LogP contribution is 2.36. The molecule has 0 saturated carbocycles. The summed E-state index contributed by atoms with van der Waals surface area (Å²) in [6.07, 6.45) is 5.73. The Balaban J connectivity index is 1.74. The van der Waals surface area contributed by atoms with Gasteiger partial charge in [-0.25, -0.2) is 0 Å². The Labute approximate surface area is 124 Å². The molecule has 2 fully saturated rings. The van der Waals surface area contributed by atoms with E-state index in [4.69, 9.17) is 5.73 Å². The van der Waals surface area contributed by atoms with Gasteiger partial charge in [0.05, 0.1) is 0 Å². The number of nitrogens with zero attached hydrogens (tertiary/aromatic N) is 2. The van der Waals surface area contributed by atoms with E-state index in [-0.39, 0.29) is 11.9 Å². The number of hydrogen-bond donors (Lipinski definition) is 1. The zero-order valence-electron chi connectivity index (χ0n) is 11.9. The molecule has 0 radical (unpaired) electrons. The highest BCUT2D eigenvalue weighted by molar-refractivity contribution is 6.05. The summed E-state index contributed by atoms with van der Waals surface area (Å²) in [5, 5.41) is 2.01. The molecule has 108 valence electrons. The second kappa shape index (κ2) is 4.81. The first-order valence-corrected chi connectivity index (χ1v) is 7.66. The number of nitrogens with two attached hydrogens (primary N) is 1. The third-order valence-electron chi connectivity index (χ3n) is 4.88. The smallest absolute Gasteiger partial charge is 0.273 e. The SMILES string of the molecule is NC1CC2CCC(C1)N2C(=O)c1nccc2ccccc12. The van der Waals surface area contributed by atoms with Gasteiger partial charge in [0.1, 0.15) is 5.69 Å². The Morgan fingerprint density at radius 2 is 1.86 bits per heavy atom. The van der Waals surface area contributed by atoms with Crippen LogP contribution in [-0.4, -0.2) is 33.9 Å². The Hall–Kier alpha value is -1.94.